The lowest BCUT2D eigenvalue weighted by molar-refractivity contribution is 0.310. The van der Waals surface area contributed by atoms with Crippen molar-refractivity contribution in [1.29, 1.82) is 0 Å². The maximum Gasteiger partial charge on any atom is 0.134 e. The SMILES string of the molecule is CCCc1nc(NCC)cc(N2CCC(C(C)C)CC2)n1. The highest BCUT2D eigenvalue weighted by Gasteiger charge is 2.22. The molecule has 0 aromatic carbocycles. The minimum absolute atomic E-state index is 0.797. The topological polar surface area (TPSA) is 41.1 Å². The van der Waals surface area contributed by atoms with E-state index in [1.54, 1.807) is 0 Å². The molecular weight excluding hydrogens is 260 g/mol. The summed E-state index contributed by atoms with van der Waals surface area (Å²) in [6.45, 7) is 12.1. The van der Waals surface area contributed by atoms with Crippen molar-refractivity contribution in [2.75, 3.05) is 29.9 Å². The van der Waals surface area contributed by atoms with E-state index >= 15 is 0 Å². The highest BCUT2D eigenvalue weighted by Crippen LogP contribution is 2.27. The van der Waals surface area contributed by atoms with Gasteiger partial charge in [0.1, 0.15) is 17.5 Å². The molecule has 0 amide bonds. The fourth-order valence-corrected chi connectivity index (χ4v) is 3.05. The van der Waals surface area contributed by atoms with Gasteiger partial charge in [0, 0.05) is 32.1 Å². The standard InChI is InChI=1S/C17H30N4/c1-5-7-15-19-16(18-6-2)12-17(20-15)21-10-8-14(9-11-21)13(3)4/h12-14H,5-11H2,1-4H3,(H,18,19,20). The Labute approximate surface area is 129 Å². The molecule has 1 fully saturated rings. The van der Waals surface area contributed by atoms with Gasteiger partial charge in [0.2, 0.25) is 0 Å². The van der Waals surface area contributed by atoms with Crippen LogP contribution in [0.2, 0.25) is 0 Å². The first kappa shape index (κ1) is 16.1. The molecular formula is C17H30N4. The number of anilines is 2. The fourth-order valence-electron chi connectivity index (χ4n) is 3.05. The second kappa shape index (κ2) is 7.62. The summed E-state index contributed by atoms with van der Waals surface area (Å²) in [4.78, 5) is 11.8. The van der Waals surface area contributed by atoms with E-state index in [0.717, 1.165) is 61.8 Å². The average Bonchev–Trinajstić information content (AvgIpc) is 2.48. The molecule has 0 radical (unpaired) electrons. The molecule has 2 heterocycles. The van der Waals surface area contributed by atoms with Gasteiger partial charge in [-0.15, -0.1) is 0 Å². The predicted octanol–water partition coefficient (Wildman–Crippen LogP) is 3.73. The van der Waals surface area contributed by atoms with E-state index in [-0.39, 0.29) is 0 Å². The van der Waals surface area contributed by atoms with Crippen LogP contribution in [0.15, 0.2) is 6.07 Å². The van der Waals surface area contributed by atoms with Crippen molar-refractivity contribution in [2.24, 2.45) is 11.8 Å². The Morgan fingerprint density at radius 3 is 2.52 bits per heavy atom. The third kappa shape index (κ3) is 4.32. The van der Waals surface area contributed by atoms with Gasteiger partial charge in [-0.1, -0.05) is 20.8 Å². The minimum atomic E-state index is 0.797. The van der Waals surface area contributed by atoms with E-state index in [1.807, 2.05) is 0 Å². The molecule has 0 aliphatic carbocycles. The summed E-state index contributed by atoms with van der Waals surface area (Å²) in [6.07, 6.45) is 4.60. The summed E-state index contributed by atoms with van der Waals surface area (Å²) in [5.41, 5.74) is 0. The van der Waals surface area contributed by atoms with Gasteiger partial charge in [0.05, 0.1) is 0 Å². The second-order valence-electron chi connectivity index (χ2n) is 6.38. The molecule has 21 heavy (non-hydrogen) atoms. The van der Waals surface area contributed by atoms with Crippen molar-refractivity contribution < 1.29 is 0 Å². The lowest BCUT2D eigenvalue weighted by atomic mass is 9.87. The molecule has 0 bridgehead atoms. The van der Waals surface area contributed by atoms with Crippen molar-refractivity contribution in [1.82, 2.24) is 9.97 Å². The molecule has 1 N–H and O–H groups in total. The quantitative estimate of drug-likeness (QED) is 0.866. The lowest BCUT2D eigenvalue weighted by Gasteiger charge is -2.34. The zero-order valence-corrected chi connectivity index (χ0v) is 14.0. The Bertz CT molecular complexity index is 412. The first-order valence-corrected chi connectivity index (χ1v) is 8.50. The maximum absolute atomic E-state index is 4.77. The van der Waals surface area contributed by atoms with E-state index in [9.17, 15) is 0 Å². The summed E-state index contributed by atoms with van der Waals surface area (Å²) in [5, 5.41) is 3.34. The summed E-state index contributed by atoms with van der Waals surface area (Å²) in [7, 11) is 0. The van der Waals surface area contributed by atoms with Gasteiger partial charge in [-0.2, -0.15) is 0 Å². The van der Waals surface area contributed by atoms with Gasteiger partial charge >= 0.3 is 0 Å². The average molecular weight is 290 g/mol. The largest absolute Gasteiger partial charge is 0.370 e. The first-order valence-electron chi connectivity index (χ1n) is 8.50. The van der Waals surface area contributed by atoms with Gasteiger partial charge in [0.15, 0.2) is 0 Å². The second-order valence-corrected chi connectivity index (χ2v) is 6.38. The highest BCUT2D eigenvalue weighted by atomic mass is 15.2. The summed E-state index contributed by atoms with van der Waals surface area (Å²) in [5.74, 6) is 4.71. The fraction of sp³-hybridized carbons (Fsp3) is 0.765. The molecule has 0 spiro atoms. The molecule has 4 nitrogen and oxygen atoms in total. The van der Waals surface area contributed by atoms with Crippen molar-refractivity contribution in [2.45, 2.75) is 53.4 Å². The molecule has 0 saturated carbocycles. The Morgan fingerprint density at radius 1 is 1.24 bits per heavy atom. The van der Waals surface area contributed by atoms with Crippen LogP contribution in [0.25, 0.3) is 0 Å². The summed E-state index contributed by atoms with van der Waals surface area (Å²) < 4.78 is 0. The molecule has 1 aliphatic heterocycles. The van der Waals surface area contributed by atoms with Crippen LogP contribution in [-0.4, -0.2) is 29.6 Å². The molecule has 2 rings (SSSR count). The lowest BCUT2D eigenvalue weighted by Crippen LogP contribution is -2.36. The molecule has 1 aromatic rings. The molecule has 0 atom stereocenters. The van der Waals surface area contributed by atoms with Crippen molar-refractivity contribution in [3.05, 3.63) is 11.9 Å². The molecule has 4 heteroatoms. The van der Waals surface area contributed by atoms with Crippen LogP contribution < -0.4 is 10.2 Å². The monoisotopic (exact) mass is 290 g/mol. The van der Waals surface area contributed by atoms with Gasteiger partial charge in [-0.25, -0.2) is 9.97 Å². The van der Waals surface area contributed by atoms with E-state index in [4.69, 9.17) is 4.98 Å². The Balaban J connectivity index is 2.11. The normalized spacial score (nSPS) is 16.5. The summed E-state index contributed by atoms with van der Waals surface area (Å²) >= 11 is 0. The number of rotatable bonds is 6. The van der Waals surface area contributed by atoms with Crippen LogP contribution in [0, 0.1) is 11.8 Å². The molecule has 118 valence electrons. The smallest absolute Gasteiger partial charge is 0.134 e. The number of nitrogens with one attached hydrogen (secondary N) is 1. The Kier molecular flexibility index (Phi) is 5.83. The first-order chi connectivity index (χ1) is 10.1. The van der Waals surface area contributed by atoms with Gasteiger partial charge in [-0.3, -0.25) is 0 Å². The van der Waals surface area contributed by atoms with Crippen LogP contribution in [0.3, 0.4) is 0 Å². The van der Waals surface area contributed by atoms with Gasteiger partial charge in [-0.05, 0) is 38.0 Å². The van der Waals surface area contributed by atoms with Crippen molar-refractivity contribution >= 4 is 11.6 Å². The number of aryl methyl sites for hydroxylation is 1. The van der Waals surface area contributed by atoms with Crippen LogP contribution in [0.5, 0.6) is 0 Å². The number of aromatic nitrogens is 2. The highest BCUT2D eigenvalue weighted by molar-refractivity contribution is 5.49. The molecule has 1 aliphatic rings. The van der Waals surface area contributed by atoms with E-state index in [1.165, 1.54) is 12.8 Å². The molecule has 0 unspecified atom stereocenters. The maximum atomic E-state index is 4.77. The van der Waals surface area contributed by atoms with Gasteiger partial charge < -0.3 is 10.2 Å². The predicted molar refractivity (Wildman–Crippen MR) is 90.0 cm³/mol. The molecule has 1 aromatic heterocycles. The third-order valence-corrected chi connectivity index (χ3v) is 4.40. The third-order valence-electron chi connectivity index (χ3n) is 4.40. The van der Waals surface area contributed by atoms with Crippen molar-refractivity contribution in [3.8, 4) is 0 Å². The molecule has 1 saturated heterocycles. The number of nitrogens with zero attached hydrogens (tertiary/aromatic N) is 3. The van der Waals surface area contributed by atoms with Gasteiger partial charge in [0.25, 0.3) is 0 Å². The van der Waals surface area contributed by atoms with E-state index in [0.29, 0.717) is 0 Å². The van der Waals surface area contributed by atoms with Crippen LogP contribution >= 0.6 is 0 Å². The van der Waals surface area contributed by atoms with Crippen LogP contribution in [-0.2, 0) is 6.42 Å². The Hall–Kier alpha value is -1.32. The Morgan fingerprint density at radius 2 is 1.95 bits per heavy atom. The van der Waals surface area contributed by atoms with E-state index < -0.39 is 0 Å². The van der Waals surface area contributed by atoms with Crippen LogP contribution in [0.1, 0.15) is 52.8 Å². The summed E-state index contributed by atoms with van der Waals surface area (Å²) in [6, 6.07) is 2.11. The zero-order chi connectivity index (χ0) is 15.2. The number of hydrogen-bond acceptors (Lipinski definition) is 4. The number of hydrogen-bond donors (Lipinski definition) is 1. The van der Waals surface area contributed by atoms with E-state index in [2.05, 4.69) is 49.0 Å². The number of piperidine rings is 1. The zero-order valence-electron chi connectivity index (χ0n) is 14.0. The minimum Gasteiger partial charge on any atom is -0.370 e. The van der Waals surface area contributed by atoms with Crippen LogP contribution in [0.4, 0.5) is 11.6 Å². The van der Waals surface area contributed by atoms with Crippen molar-refractivity contribution in [3.63, 3.8) is 0 Å².